The summed E-state index contributed by atoms with van der Waals surface area (Å²) in [5, 5.41) is 7.07. The molecule has 2 atom stereocenters. The largest absolute Gasteiger partial charge is 0.497 e. The molecular weight excluding hydrogens is 519 g/mol. The minimum Gasteiger partial charge on any atom is -0.497 e. The first-order valence-electron chi connectivity index (χ1n) is 11.5. The minimum atomic E-state index is 0. The monoisotopic (exact) mass is 560 g/mol. The molecule has 2 fully saturated rings. The van der Waals surface area contributed by atoms with Gasteiger partial charge in [-0.1, -0.05) is 0 Å². The second-order valence-electron chi connectivity index (χ2n) is 8.55. The Labute approximate surface area is 210 Å². The number of nitrogens with one attached hydrogen (secondary N) is 2. The van der Waals surface area contributed by atoms with E-state index in [1.54, 1.807) is 14.2 Å². The molecule has 8 nitrogen and oxygen atoms in total. The number of aliphatic imine (C=N–C) groups is 1. The van der Waals surface area contributed by atoms with Crippen molar-refractivity contribution in [3.63, 3.8) is 0 Å². The predicted molar refractivity (Wildman–Crippen MR) is 143 cm³/mol. The maximum atomic E-state index is 5.43. The molecule has 1 aromatic rings. The van der Waals surface area contributed by atoms with Gasteiger partial charge < -0.3 is 29.9 Å². The van der Waals surface area contributed by atoms with E-state index in [2.05, 4.69) is 58.4 Å². The van der Waals surface area contributed by atoms with Gasteiger partial charge in [-0.3, -0.25) is 9.89 Å². The highest BCUT2D eigenvalue weighted by atomic mass is 127. The summed E-state index contributed by atoms with van der Waals surface area (Å²) in [6.07, 6.45) is 1.07. The summed E-state index contributed by atoms with van der Waals surface area (Å²) in [6, 6.07) is 6.86. The summed E-state index contributed by atoms with van der Waals surface area (Å²) < 4.78 is 10.9. The third-order valence-corrected chi connectivity index (χ3v) is 6.25. The van der Waals surface area contributed by atoms with E-state index in [0.717, 1.165) is 81.9 Å². The van der Waals surface area contributed by atoms with Crippen LogP contribution in [0.2, 0.25) is 0 Å². The Kier molecular flexibility index (Phi) is 11.1. The number of hydrogen-bond donors (Lipinski definition) is 2. The van der Waals surface area contributed by atoms with Gasteiger partial charge in [-0.05, 0) is 27.3 Å². The lowest BCUT2D eigenvalue weighted by Gasteiger charge is -2.36. The topological polar surface area (TPSA) is 64.6 Å². The molecule has 2 saturated heterocycles. The number of ether oxygens (including phenoxy) is 2. The van der Waals surface area contributed by atoms with Crippen LogP contribution in [0.5, 0.6) is 11.5 Å². The average Bonchev–Trinajstić information content (AvgIpc) is 3.26. The van der Waals surface area contributed by atoms with E-state index >= 15 is 0 Å². The lowest BCUT2D eigenvalue weighted by atomic mass is 10.2. The van der Waals surface area contributed by atoms with Gasteiger partial charge in [0.05, 0.1) is 20.8 Å². The van der Waals surface area contributed by atoms with Gasteiger partial charge in [0.25, 0.3) is 0 Å². The highest BCUT2D eigenvalue weighted by Gasteiger charge is 2.25. The van der Waals surface area contributed by atoms with E-state index in [-0.39, 0.29) is 24.0 Å². The Morgan fingerprint density at radius 3 is 2.34 bits per heavy atom. The molecule has 0 amide bonds. The summed E-state index contributed by atoms with van der Waals surface area (Å²) in [5.74, 6) is 2.55. The number of halogens is 1. The van der Waals surface area contributed by atoms with E-state index in [9.17, 15) is 0 Å². The van der Waals surface area contributed by atoms with Crippen LogP contribution in [0.25, 0.3) is 0 Å². The minimum absolute atomic E-state index is 0. The normalized spacial score (nSPS) is 21.1. The molecule has 1 aromatic carbocycles. The van der Waals surface area contributed by atoms with Gasteiger partial charge in [-0.25, -0.2) is 0 Å². The predicted octanol–water partition coefficient (Wildman–Crippen LogP) is 2.09. The zero-order valence-corrected chi connectivity index (χ0v) is 22.6. The van der Waals surface area contributed by atoms with Crippen molar-refractivity contribution in [3.8, 4) is 11.5 Å². The zero-order valence-electron chi connectivity index (χ0n) is 20.3. The third kappa shape index (κ3) is 7.55. The van der Waals surface area contributed by atoms with E-state index in [4.69, 9.17) is 14.5 Å². The summed E-state index contributed by atoms with van der Waals surface area (Å²) >= 11 is 0. The Morgan fingerprint density at radius 1 is 1.09 bits per heavy atom. The van der Waals surface area contributed by atoms with Crippen molar-refractivity contribution in [2.24, 2.45) is 4.99 Å². The van der Waals surface area contributed by atoms with Gasteiger partial charge in [0, 0.05) is 81.8 Å². The fraction of sp³-hybridized carbons (Fsp3) is 0.696. The van der Waals surface area contributed by atoms with Gasteiger partial charge in [0.15, 0.2) is 5.96 Å². The SMILES string of the molecule is CCNC(=NCC(C)N1CCN(C)CC1)NC1CCN(c2cc(OC)cc(OC)c2)C1.I. The van der Waals surface area contributed by atoms with E-state index < -0.39 is 0 Å². The quantitative estimate of drug-likeness (QED) is 0.287. The van der Waals surface area contributed by atoms with Crippen molar-refractivity contribution in [1.29, 1.82) is 0 Å². The van der Waals surface area contributed by atoms with Crippen LogP contribution in [-0.4, -0.2) is 101 Å². The van der Waals surface area contributed by atoms with Crippen molar-refractivity contribution in [1.82, 2.24) is 20.4 Å². The maximum Gasteiger partial charge on any atom is 0.191 e. The molecule has 32 heavy (non-hydrogen) atoms. The number of likely N-dealkylation sites (N-methyl/N-ethyl adjacent to an activating group) is 1. The first-order valence-corrected chi connectivity index (χ1v) is 11.5. The molecule has 0 aromatic heterocycles. The lowest BCUT2D eigenvalue weighted by Crippen LogP contribution is -2.49. The fourth-order valence-electron chi connectivity index (χ4n) is 4.20. The van der Waals surface area contributed by atoms with Crippen LogP contribution in [0.15, 0.2) is 23.2 Å². The average molecular weight is 561 g/mol. The molecule has 0 radical (unpaired) electrons. The van der Waals surface area contributed by atoms with Crippen LogP contribution in [0.1, 0.15) is 20.3 Å². The number of benzene rings is 1. The standard InChI is InChI=1S/C23H40N6O2.HI/c1-6-24-23(25-16-18(2)28-11-9-27(3)10-12-28)26-19-7-8-29(17-19)20-13-21(30-4)15-22(14-20)31-5;/h13-15,18-19H,6-12,16-17H2,1-5H3,(H2,24,25,26);1H. The molecule has 2 aliphatic rings. The van der Waals surface area contributed by atoms with Crippen molar-refractivity contribution >= 4 is 35.6 Å². The Balaban J connectivity index is 0.00000363. The molecule has 0 bridgehead atoms. The molecule has 182 valence electrons. The lowest BCUT2D eigenvalue weighted by molar-refractivity contribution is 0.122. The molecule has 0 aliphatic carbocycles. The number of methoxy groups -OCH3 is 2. The van der Waals surface area contributed by atoms with Crippen molar-refractivity contribution in [2.75, 3.05) is 78.5 Å². The number of piperazine rings is 1. The highest BCUT2D eigenvalue weighted by Crippen LogP contribution is 2.30. The highest BCUT2D eigenvalue weighted by molar-refractivity contribution is 14.0. The molecule has 9 heteroatoms. The van der Waals surface area contributed by atoms with Crippen LogP contribution in [-0.2, 0) is 0 Å². The maximum absolute atomic E-state index is 5.43. The molecule has 2 aliphatic heterocycles. The number of guanidine groups is 1. The molecule has 2 heterocycles. The van der Waals surface area contributed by atoms with Gasteiger partial charge in [-0.15, -0.1) is 24.0 Å². The first-order chi connectivity index (χ1) is 15.0. The van der Waals surface area contributed by atoms with Crippen LogP contribution >= 0.6 is 24.0 Å². The molecule has 3 rings (SSSR count). The van der Waals surface area contributed by atoms with Crippen molar-refractivity contribution in [2.45, 2.75) is 32.4 Å². The van der Waals surface area contributed by atoms with Gasteiger partial charge in [0.1, 0.15) is 11.5 Å². The number of anilines is 1. The van der Waals surface area contributed by atoms with E-state index in [0.29, 0.717) is 12.1 Å². The molecule has 2 unspecified atom stereocenters. The number of hydrogen-bond acceptors (Lipinski definition) is 6. The molecule has 0 spiro atoms. The smallest absolute Gasteiger partial charge is 0.191 e. The summed E-state index contributed by atoms with van der Waals surface area (Å²) in [7, 11) is 5.57. The first kappa shape index (κ1) is 26.8. The third-order valence-electron chi connectivity index (χ3n) is 6.25. The summed E-state index contributed by atoms with van der Waals surface area (Å²) in [5.41, 5.74) is 1.13. The molecule has 0 saturated carbocycles. The van der Waals surface area contributed by atoms with Gasteiger partial charge in [0.2, 0.25) is 0 Å². The Hall–Kier alpha value is -1.46. The van der Waals surface area contributed by atoms with Crippen LogP contribution in [0.3, 0.4) is 0 Å². The number of rotatable bonds is 8. The molecule has 2 N–H and O–H groups in total. The zero-order chi connectivity index (χ0) is 22.2. The van der Waals surface area contributed by atoms with Crippen molar-refractivity contribution < 1.29 is 9.47 Å². The number of nitrogens with zero attached hydrogens (tertiary/aromatic N) is 4. The molecular formula is C23H41IN6O2. The second-order valence-corrected chi connectivity index (χ2v) is 8.55. The van der Waals surface area contributed by atoms with E-state index in [1.165, 1.54) is 0 Å². The Bertz CT molecular complexity index is 704. The Morgan fingerprint density at radius 2 is 1.75 bits per heavy atom. The van der Waals surface area contributed by atoms with Gasteiger partial charge >= 0.3 is 0 Å². The van der Waals surface area contributed by atoms with Crippen LogP contribution in [0, 0.1) is 0 Å². The summed E-state index contributed by atoms with van der Waals surface area (Å²) in [6.45, 7) is 12.5. The fourth-order valence-corrected chi connectivity index (χ4v) is 4.20. The van der Waals surface area contributed by atoms with Crippen LogP contribution < -0.4 is 25.0 Å². The van der Waals surface area contributed by atoms with Crippen LogP contribution in [0.4, 0.5) is 5.69 Å². The van der Waals surface area contributed by atoms with Crippen molar-refractivity contribution in [3.05, 3.63) is 18.2 Å². The van der Waals surface area contributed by atoms with E-state index in [1.807, 2.05) is 6.07 Å². The second kappa shape index (κ2) is 13.3. The summed E-state index contributed by atoms with van der Waals surface area (Å²) in [4.78, 5) is 12.2. The van der Waals surface area contributed by atoms with Gasteiger partial charge in [-0.2, -0.15) is 0 Å².